The molecule has 0 aliphatic carbocycles. The first-order valence-electron chi connectivity index (χ1n) is 7.12. The third kappa shape index (κ3) is 3.17. The zero-order valence-corrected chi connectivity index (χ0v) is 14.0. The number of ether oxygens (including phenoxy) is 1. The van der Waals surface area contributed by atoms with E-state index in [1.165, 1.54) is 6.07 Å². The largest absolute Gasteiger partial charge is 0.489 e. The molecule has 0 bridgehead atoms. The van der Waals surface area contributed by atoms with E-state index in [1.807, 2.05) is 20.0 Å². The van der Waals surface area contributed by atoms with E-state index in [9.17, 15) is 4.39 Å². The van der Waals surface area contributed by atoms with Crippen LogP contribution in [0.15, 0.2) is 29.4 Å². The van der Waals surface area contributed by atoms with Crippen molar-refractivity contribution in [3.8, 4) is 5.75 Å². The standard InChI is InChI=1S/C15H17ClFN3OS/c1-10(2)21-14-8-13(12(17)7-11(14)16)18-15-20-6-4-3-5-19(20)9-22-15/h3,5,7-8,10H,4,6,9H2,1-2H3. The lowest BCUT2D eigenvalue weighted by Crippen LogP contribution is -2.38. The smallest absolute Gasteiger partial charge is 0.185 e. The first kappa shape index (κ1) is 15.5. The lowest BCUT2D eigenvalue weighted by Gasteiger charge is -2.29. The highest BCUT2D eigenvalue weighted by atomic mass is 35.5. The molecule has 0 amide bonds. The summed E-state index contributed by atoms with van der Waals surface area (Å²) in [5.74, 6) is 0.802. The quantitative estimate of drug-likeness (QED) is 0.814. The van der Waals surface area contributed by atoms with E-state index in [0.717, 1.165) is 24.0 Å². The van der Waals surface area contributed by atoms with Gasteiger partial charge in [-0.2, -0.15) is 0 Å². The predicted molar refractivity (Wildman–Crippen MR) is 89.0 cm³/mol. The molecule has 1 fully saturated rings. The Balaban J connectivity index is 1.91. The number of thioether (sulfide) groups is 1. The molecule has 22 heavy (non-hydrogen) atoms. The van der Waals surface area contributed by atoms with E-state index >= 15 is 0 Å². The van der Waals surface area contributed by atoms with E-state index in [4.69, 9.17) is 16.3 Å². The first-order chi connectivity index (χ1) is 10.5. The summed E-state index contributed by atoms with van der Waals surface area (Å²) >= 11 is 7.61. The number of benzene rings is 1. The van der Waals surface area contributed by atoms with Crippen molar-refractivity contribution >= 4 is 34.2 Å². The van der Waals surface area contributed by atoms with Gasteiger partial charge in [0, 0.05) is 18.8 Å². The van der Waals surface area contributed by atoms with E-state index in [0.29, 0.717) is 5.75 Å². The van der Waals surface area contributed by atoms with Gasteiger partial charge in [-0.15, -0.1) is 0 Å². The maximum absolute atomic E-state index is 14.1. The van der Waals surface area contributed by atoms with E-state index < -0.39 is 5.82 Å². The topological polar surface area (TPSA) is 28.1 Å². The zero-order valence-electron chi connectivity index (χ0n) is 12.4. The van der Waals surface area contributed by atoms with Crippen LogP contribution in [0.2, 0.25) is 5.02 Å². The molecule has 0 saturated carbocycles. The number of fused-ring (bicyclic) bond motifs is 1. The molecule has 0 spiro atoms. The van der Waals surface area contributed by atoms with Crippen molar-refractivity contribution in [1.29, 1.82) is 0 Å². The number of hydrogen-bond donors (Lipinski definition) is 0. The maximum Gasteiger partial charge on any atom is 0.185 e. The van der Waals surface area contributed by atoms with Crippen LogP contribution in [0, 0.1) is 5.82 Å². The Morgan fingerprint density at radius 2 is 2.23 bits per heavy atom. The minimum atomic E-state index is -0.444. The monoisotopic (exact) mass is 341 g/mol. The molecule has 3 rings (SSSR count). The van der Waals surface area contributed by atoms with Gasteiger partial charge in [0.05, 0.1) is 17.0 Å². The number of halogens is 2. The minimum Gasteiger partial charge on any atom is -0.489 e. The van der Waals surface area contributed by atoms with Crippen molar-refractivity contribution in [3.63, 3.8) is 0 Å². The second kappa shape index (κ2) is 6.38. The van der Waals surface area contributed by atoms with Gasteiger partial charge >= 0.3 is 0 Å². The molecule has 4 nitrogen and oxygen atoms in total. The third-order valence-electron chi connectivity index (χ3n) is 3.22. The average Bonchev–Trinajstić information content (AvgIpc) is 2.87. The van der Waals surface area contributed by atoms with Crippen molar-refractivity contribution in [2.45, 2.75) is 26.4 Å². The van der Waals surface area contributed by atoms with Crippen molar-refractivity contribution in [2.75, 3.05) is 12.4 Å². The van der Waals surface area contributed by atoms with Crippen LogP contribution in [0.25, 0.3) is 0 Å². The van der Waals surface area contributed by atoms with Gasteiger partial charge in [-0.25, -0.2) is 9.38 Å². The molecule has 1 aromatic carbocycles. The number of hydrazine groups is 1. The lowest BCUT2D eigenvalue weighted by molar-refractivity contribution is 0.134. The zero-order chi connectivity index (χ0) is 15.7. The van der Waals surface area contributed by atoms with Crippen molar-refractivity contribution in [3.05, 3.63) is 35.2 Å². The Morgan fingerprint density at radius 3 is 3.00 bits per heavy atom. The van der Waals surface area contributed by atoms with Crippen molar-refractivity contribution < 1.29 is 9.13 Å². The summed E-state index contributed by atoms with van der Waals surface area (Å²) in [7, 11) is 0. The van der Waals surface area contributed by atoms with E-state index in [1.54, 1.807) is 17.8 Å². The Hall–Kier alpha value is -1.40. The van der Waals surface area contributed by atoms with Crippen LogP contribution in [0.4, 0.5) is 10.1 Å². The Morgan fingerprint density at radius 1 is 1.41 bits per heavy atom. The number of amidine groups is 1. The van der Waals surface area contributed by atoms with Crippen LogP contribution in [0.5, 0.6) is 5.75 Å². The summed E-state index contributed by atoms with van der Waals surface area (Å²) in [5.41, 5.74) is 0.249. The molecule has 0 atom stereocenters. The molecule has 118 valence electrons. The van der Waals surface area contributed by atoms with Gasteiger partial charge in [-0.05, 0) is 26.3 Å². The molecule has 2 aliphatic rings. The molecule has 0 aromatic heterocycles. The molecule has 2 heterocycles. The Labute approximate surface area is 138 Å². The van der Waals surface area contributed by atoms with Gasteiger partial charge in [0.15, 0.2) is 11.0 Å². The average molecular weight is 342 g/mol. The van der Waals surface area contributed by atoms with Gasteiger partial charge in [0.1, 0.15) is 11.4 Å². The summed E-state index contributed by atoms with van der Waals surface area (Å²) in [6.45, 7) is 4.65. The Kier molecular flexibility index (Phi) is 4.49. The second-order valence-electron chi connectivity index (χ2n) is 5.30. The van der Waals surface area contributed by atoms with Gasteiger partial charge in [0.25, 0.3) is 0 Å². The molecule has 0 N–H and O–H groups in total. The van der Waals surface area contributed by atoms with Crippen LogP contribution >= 0.6 is 23.4 Å². The van der Waals surface area contributed by atoms with Crippen molar-refractivity contribution in [1.82, 2.24) is 10.0 Å². The van der Waals surface area contributed by atoms with E-state index in [2.05, 4.69) is 21.1 Å². The molecule has 2 aliphatic heterocycles. The predicted octanol–water partition coefficient (Wildman–Crippen LogP) is 4.39. The normalized spacial score (nSPS) is 19.2. The molecule has 0 unspecified atom stereocenters. The SMILES string of the molecule is CC(C)Oc1cc(N=C2SCN3C=CCCN23)c(F)cc1Cl. The molecule has 1 saturated heterocycles. The number of aliphatic imine (C=N–C) groups is 1. The first-order valence-corrected chi connectivity index (χ1v) is 8.49. The summed E-state index contributed by atoms with van der Waals surface area (Å²) in [6, 6.07) is 2.82. The van der Waals surface area contributed by atoms with Crippen LogP contribution < -0.4 is 4.74 Å². The van der Waals surface area contributed by atoms with Gasteiger partial charge in [0.2, 0.25) is 0 Å². The summed E-state index contributed by atoms with van der Waals surface area (Å²) in [4.78, 5) is 4.47. The number of nitrogens with zero attached hydrogens (tertiary/aromatic N) is 3. The van der Waals surface area contributed by atoms with Crippen LogP contribution in [-0.4, -0.2) is 33.7 Å². The Bertz CT molecular complexity index is 635. The molecule has 0 radical (unpaired) electrons. The number of rotatable bonds is 3. The highest BCUT2D eigenvalue weighted by molar-refractivity contribution is 8.14. The fourth-order valence-corrected chi connectivity index (χ4v) is 3.44. The fraction of sp³-hybridized carbons (Fsp3) is 0.400. The van der Waals surface area contributed by atoms with Gasteiger partial charge < -0.3 is 4.74 Å². The van der Waals surface area contributed by atoms with Gasteiger partial charge in [-0.1, -0.05) is 29.4 Å². The van der Waals surface area contributed by atoms with Crippen molar-refractivity contribution in [2.24, 2.45) is 4.99 Å². The molecule has 1 aromatic rings. The van der Waals surface area contributed by atoms with Crippen LogP contribution in [-0.2, 0) is 0 Å². The third-order valence-corrected chi connectivity index (χ3v) is 4.47. The minimum absolute atomic E-state index is 0.0351. The highest BCUT2D eigenvalue weighted by Gasteiger charge is 2.27. The maximum atomic E-state index is 14.1. The molecular weight excluding hydrogens is 325 g/mol. The highest BCUT2D eigenvalue weighted by Crippen LogP contribution is 2.35. The van der Waals surface area contributed by atoms with Crippen LogP contribution in [0.1, 0.15) is 20.3 Å². The lowest BCUT2D eigenvalue weighted by atomic mass is 10.3. The van der Waals surface area contributed by atoms with Gasteiger partial charge in [-0.3, -0.25) is 10.0 Å². The second-order valence-corrected chi connectivity index (χ2v) is 6.62. The fourth-order valence-electron chi connectivity index (χ4n) is 2.26. The van der Waals surface area contributed by atoms with E-state index in [-0.39, 0.29) is 16.8 Å². The molecule has 7 heteroatoms. The number of hydrogen-bond acceptors (Lipinski definition) is 4. The summed E-state index contributed by atoms with van der Waals surface area (Å²) in [6.07, 6.45) is 5.08. The summed E-state index contributed by atoms with van der Waals surface area (Å²) < 4.78 is 19.7. The van der Waals surface area contributed by atoms with Crippen LogP contribution in [0.3, 0.4) is 0 Å². The molecular formula is C15H17ClFN3OS. The summed E-state index contributed by atoms with van der Waals surface area (Å²) in [5, 5.41) is 5.19.